The SMILES string of the molecule is CN1CCCN(C(=O)c2cccc(Cl)c2N)CC1=O. The number of nitrogen functional groups attached to an aromatic ring is 1. The molecule has 0 spiro atoms. The maximum atomic E-state index is 12.4. The number of rotatable bonds is 1. The van der Waals surface area contributed by atoms with Crippen LogP contribution >= 0.6 is 11.6 Å². The van der Waals surface area contributed by atoms with Crippen LogP contribution in [0.1, 0.15) is 16.8 Å². The van der Waals surface area contributed by atoms with E-state index >= 15 is 0 Å². The van der Waals surface area contributed by atoms with Crippen LogP contribution in [0.4, 0.5) is 5.69 Å². The highest BCUT2D eigenvalue weighted by Crippen LogP contribution is 2.24. The smallest absolute Gasteiger partial charge is 0.256 e. The summed E-state index contributed by atoms with van der Waals surface area (Å²) in [4.78, 5) is 27.3. The number of hydrogen-bond acceptors (Lipinski definition) is 3. The Morgan fingerprint density at radius 2 is 2.11 bits per heavy atom. The largest absolute Gasteiger partial charge is 0.397 e. The number of halogens is 1. The molecule has 1 aliphatic rings. The summed E-state index contributed by atoms with van der Waals surface area (Å²) >= 11 is 5.91. The molecule has 1 aromatic carbocycles. The van der Waals surface area contributed by atoms with Gasteiger partial charge in [0.2, 0.25) is 5.91 Å². The van der Waals surface area contributed by atoms with Crippen molar-refractivity contribution in [1.82, 2.24) is 9.80 Å². The van der Waals surface area contributed by atoms with Gasteiger partial charge >= 0.3 is 0 Å². The fraction of sp³-hybridized carbons (Fsp3) is 0.385. The molecule has 0 radical (unpaired) electrons. The van der Waals surface area contributed by atoms with Crippen molar-refractivity contribution in [3.8, 4) is 0 Å². The zero-order valence-electron chi connectivity index (χ0n) is 10.7. The Bertz CT molecular complexity index is 519. The lowest BCUT2D eigenvalue weighted by molar-refractivity contribution is -0.129. The van der Waals surface area contributed by atoms with Gasteiger partial charge in [0.05, 0.1) is 16.3 Å². The summed E-state index contributed by atoms with van der Waals surface area (Å²) < 4.78 is 0. The molecule has 5 nitrogen and oxygen atoms in total. The standard InChI is InChI=1S/C13H16ClN3O2/c1-16-6-3-7-17(8-11(16)18)13(19)9-4-2-5-10(14)12(9)15/h2,4-5H,3,6-8,15H2,1H3. The first-order valence-electron chi connectivity index (χ1n) is 6.08. The molecule has 0 aliphatic carbocycles. The summed E-state index contributed by atoms with van der Waals surface area (Å²) in [5.41, 5.74) is 6.43. The second kappa shape index (κ2) is 5.48. The van der Waals surface area contributed by atoms with Crippen molar-refractivity contribution >= 4 is 29.1 Å². The van der Waals surface area contributed by atoms with Gasteiger partial charge in [-0.3, -0.25) is 9.59 Å². The average molecular weight is 282 g/mol. The van der Waals surface area contributed by atoms with E-state index in [0.29, 0.717) is 23.7 Å². The van der Waals surface area contributed by atoms with Crippen LogP contribution in [0.15, 0.2) is 18.2 Å². The van der Waals surface area contributed by atoms with Crippen molar-refractivity contribution in [3.63, 3.8) is 0 Å². The van der Waals surface area contributed by atoms with Gasteiger partial charge in [0.25, 0.3) is 5.91 Å². The monoisotopic (exact) mass is 281 g/mol. The molecule has 0 unspecified atom stereocenters. The molecule has 2 N–H and O–H groups in total. The van der Waals surface area contributed by atoms with Crippen molar-refractivity contribution in [2.24, 2.45) is 0 Å². The van der Waals surface area contributed by atoms with Gasteiger partial charge in [0.15, 0.2) is 0 Å². The molecule has 1 aromatic rings. The van der Waals surface area contributed by atoms with E-state index in [1.165, 1.54) is 4.90 Å². The number of carbonyl (C=O) groups is 2. The number of nitrogens with two attached hydrogens (primary N) is 1. The Balaban J connectivity index is 2.24. The van der Waals surface area contributed by atoms with Crippen LogP contribution < -0.4 is 5.73 Å². The van der Waals surface area contributed by atoms with E-state index in [4.69, 9.17) is 17.3 Å². The van der Waals surface area contributed by atoms with Crippen LogP contribution in [0.2, 0.25) is 5.02 Å². The van der Waals surface area contributed by atoms with Crippen LogP contribution in [-0.4, -0.2) is 48.3 Å². The van der Waals surface area contributed by atoms with Gasteiger partial charge in [0, 0.05) is 20.1 Å². The lowest BCUT2D eigenvalue weighted by Gasteiger charge is -2.20. The zero-order chi connectivity index (χ0) is 14.0. The predicted molar refractivity (Wildman–Crippen MR) is 74.0 cm³/mol. The van der Waals surface area contributed by atoms with Gasteiger partial charge in [-0.2, -0.15) is 0 Å². The lowest BCUT2D eigenvalue weighted by atomic mass is 10.1. The molecule has 102 valence electrons. The van der Waals surface area contributed by atoms with Crippen LogP contribution in [-0.2, 0) is 4.79 Å². The fourth-order valence-electron chi connectivity index (χ4n) is 2.05. The molecular weight excluding hydrogens is 266 g/mol. The second-order valence-electron chi connectivity index (χ2n) is 4.60. The Morgan fingerprint density at radius 3 is 2.84 bits per heavy atom. The van der Waals surface area contributed by atoms with Crippen LogP contribution in [0.25, 0.3) is 0 Å². The van der Waals surface area contributed by atoms with E-state index in [1.807, 2.05) is 0 Å². The normalized spacial score (nSPS) is 16.4. The summed E-state index contributed by atoms with van der Waals surface area (Å²) in [7, 11) is 1.74. The molecule has 0 bridgehead atoms. The summed E-state index contributed by atoms with van der Waals surface area (Å²) in [5.74, 6) is -0.310. The summed E-state index contributed by atoms with van der Waals surface area (Å²) in [5, 5.41) is 0.351. The quantitative estimate of drug-likeness (QED) is 0.787. The number of carbonyl (C=O) groups excluding carboxylic acids is 2. The molecule has 0 atom stereocenters. The summed E-state index contributed by atoms with van der Waals surface area (Å²) in [6, 6.07) is 4.94. The number of anilines is 1. The third kappa shape index (κ3) is 2.81. The Labute approximate surface area is 116 Å². The van der Waals surface area contributed by atoms with E-state index in [-0.39, 0.29) is 24.0 Å². The van der Waals surface area contributed by atoms with E-state index in [1.54, 1.807) is 30.1 Å². The molecular formula is C13H16ClN3O2. The highest BCUT2D eigenvalue weighted by molar-refractivity contribution is 6.33. The molecule has 2 rings (SSSR count). The number of para-hydroxylation sites is 1. The predicted octanol–water partition coefficient (Wildman–Crippen LogP) is 1.23. The van der Waals surface area contributed by atoms with Crippen molar-refractivity contribution in [2.45, 2.75) is 6.42 Å². The van der Waals surface area contributed by atoms with Gasteiger partial charge in [0.1, 0.15) is 6.54 Å². The van der Waals surface area contributed by atoms with E-state index in [0.717, 1.165) is 6.42 Å². The topological polar surface area (TPSA) is 66.6 Å². The molecule has 1 fully saturated rings. The molecule has 2 amide bonds. The van der Waals surface area contributed by atoms with Gasteiger partial charge in [-0.05, 0) is 18.6 Å². The molecule has 19 heavy (non-hydrogen) atoms. The van der Waals surface area contributed by atoms with E-state index in [9.17, 15) is 9.59 Å². The van der Waals surface area contributed by atoms with Crippen molar-refractivity contribution in [1.29, 1.82) is 0 Å². The summed E-state index contributed by atoms with van der Waals surface area (Å²) in [6.07, 6.45) is 0.758. The van der Waals surface area contributed by atoms with Crippen molar-refractivity contribution in [3.05, 3.63) is 28.8 Å². The minimum atomic E-state index is -0.247. The van der Waals surface area contributed by atoms with E-state index in [2.05, 4.69) is 0 Å². The highest BCUT2D eigenvalue weighted by Gasteiger charge is 2.25. The van der Waals surface area contributed by atoms with Gasteiger partial charge in [-0.15, -0.1) is 0 Å². The Morgan fingerprint density at radius 1 is 1.37 bits per heavy atom. The second-order valence-corrected chi connectivity index (χ2v) is 5.00. The highest BCUT2D eigenvalue weighted by atomic mass is 35.5. The van der Waals surface area contributed by atoms with Crippen LogP contribution in [0, 0.1) is 0 Å². The van der Waals surface area contributed by atoms with Crippen molar-refractivity contribution < 1.29 is 9.59 Å². The minimum absolute atomic E-state index is 0.0635. The van der Waals surface area contributed by atoms with Crippen molar-refractivity contribution in [2.75, 3.05) is 32.4 Å². The fourth-order valence-corrected chi connectivity index (χ4v) is 2.23. The Hall–Kier alpha value is -1.75. The van der Waals surface area contributed by atoms with Gasteiger partial charge in [-0.25, -0.2) is 0 Å². The first kappa shape index (κ1) is 13.7. The molecule has 6 heteroatoms. The number of benzene rings is 1. The molecule has 0 aromatic heterocycles. The first-order valence-corrected chi connectivity index (χ1v) is 6.45. The van der Waals surface area contributed by atoms with Crippen LogP contribution in [0.3, 0.4) is 0 Å². The number of likely N-dealkylation sites (N-methyl/N-ethyl adjacent to an activating group) is 1. The number of hydrogen-bond donors (Lipinski definition) is 1. The third-order valence-corrected chi connectivity index (χ3v) is 3.57. The molecule has 0 saturated carbocycles. The first-order chi connectivity index (χ1) is 9.00. The van der Waals surface area contributed by atoms with Crippen LogP contribution in [0.5, 0.6) is 0 Å². The molecule has 1 heterocycles. The maximum Gasteiger partial charge on any atom is 0.256 e. The number of nitrogens with zero attached hydrogens (tertiary/aromatic N) is 2. The third-order valence-electron chi connectivity index (χ3n) is 3.24. The zero-order valence-corrected chi connectivity index (χ0v) is 11.5. The van der Waals surface area contributed by atoms with Gasteiger partial charge < -0.3 is 15.5 Å². The molecule has 1 aliphatic heterocycles. The Kier molecular flexibility index (Phi) is 3.95. The molecule has 1 saturated heterocycles. The lowest BCUT2D eigenvalue weighted by Crippen LogP contribution is -2.38. The summed E-state index contributed by atoms with van der Waals surface area (Å²) in [6.45, 7) is 1.29. The maximum absolute atomic E-state index is 12.4. The minimum Gasteiger partial charge on any atom is -0.397 e. The van der Waals surface area contributed by atoms with Gasteiger partial charge in [-0.1, -0.05) is 17.7 Å². The van der Waals surface area contributed by atoms with E-state index < -0.39 is 0 Å². The average Bonchev–Trinajstić information content (AvgIpc) is 2.55. The number of amides is 2.